The van der Waals surface area contributed by atoms with Crippen LogP contribution >= 0.6 is 0 Å². The van der Waals surface area contributed by atoms with Gasteiger partial charge in [0.25, 0.3) is 0 Å². The Morgan fingerprint density at radius 2 is 1.46 bits per heavy atom. The Hall–Kier alpha value is -1.90. The maximum Gasteiger partial charge on any atom is 0.348 e. The molecule has 0 N–H and O–H groups in total. The van der Waals surface area contributed by atoms with E-state index in [0.717, 1.165) is 36.9 Å². The summed E-state index contributed by atoms with van der Waals surface area (Å²) in [6.07, 6.45) is 14.5. The third kappa shape index (κ3) is 3.62. The van der Waals surface area contributed by atoms with Crippen LogP contribution < -0.4 is 5.69 Å². The van der Waals surface area contributed by atoms with Gasteiger partial charge in [0.05, 0.1) is 5.69 Å². The highest BCUT2D eigenvalue weighted by atomic mass is 16.1. The quantitative estimate of drug-likeness (QED) is 0.674. The lowest BCUT2D eigenvalue weighted by atomic mass is 9.94. The lowest BCUT2D eigenvalue weighted by molar-refractivity contribution is 0.352. The van der Waals surface area contributed by atoms with Crippen LogP contribution in [0.4, 0.5) is 0 Å². The number of hydrogen-bond donors (Lipinski definition) is 0. The van der Waals surface area contributed by atoms with Gasteiger partial charge in [0, 0.05) is 17.3 Å². The van der Waals surface area contributed by atoms with Crippen LogP contribution in [0, 0.1) is 0 Å². The Labute approximate surface area is 156 Å². The fourth-order valence-corrected chi connectivity index (χ4v) is 4.82. The predicted octanol–water partition coefficient (Wildman–Crippen LogP) is 5.46. The van der Waals surface area contributed by atoms with Gasteiger partial charge in [0.15, 0.2) is 0 Å². The zero-order valence-electron chi connectivity index (χ0n) is 15.8. The molecule has 0 unspecified atom stereocenters. The van der Waals surface area contributed by atoms with Crippen molar-refractivity contribution in [2.75, 3.05) is 0 Å². The largest absolute Gasteiger partial charge is 0.348 e. The van der Waals surface area contributed by atoms with Gasteiger partial charge in [-0.25, -0.2) is 4.79 Å². The van der Waals surface area contributed by atoms with Gasteiger partial charge in [0.2, 0.25) is 0 Å². The van der Waals surface area contributed by atoms with Gasteiger partial charge in [-0.15, -0.1) is 0 Å². The monoisotopic (exact) mass is 350 g/mol. The minimum absolute atomic E-state index is 0.0184. The van der Waals surface area contributed by atoms with Gasteiger partial charge >= 0.3 is 5.69 Å². The standard InChI is InChI=1S/C23H30N2O/c26-23-24-22(18-12-6-4-7-13-18)20-16-10-5-11-17-21(20)25(23)19-14-8-2-1-3-9-15-19/h4,6-7,12-13,19H,1-3,5,8-11,14-17H2. The number of nitrogens with zero attached hydrogens (tertiary/aromatic N) is 2. The number of rotatable bonds is 2. The smallest absolute Gasteiger partial charge is 0.293 e. The molecule has 3 heteroatoms. The number of fused-ring (bicyclic) bond motifs is 1. The van der Waals surface area contributed by atoms with Crippen LogP contribution in [-0.2, 0) is 12.8 Å². The average Bonchev–Trinajstić information content (AvgIpc) is 2.89. The fourth-order valence-electron chi connectivity index (χ4n) is 4.82. The molecule has 0 atom stereocenters. The van der Waals surface area contributed by atoms with Gasteiger partial charge in [-0.3, -0.25) is 4.57 Å². The molecule has 0 radical (unpaired) electrons. The first kappa shape index (κ1) is 17.5. The lowest BCUT2D eigenvalue weighted by Gasteiger charge is -2.27. The molecule has 0 spiro atoms. The van der Waals surface area contributed by atoms with Gasteiger partial charge in [-0.2, -0.15) is 4.98 Å². The molecule has 0 amide bonds. The molecule has 1 saturated carbocycles. The highest BCUT2D eigenvalue weighted by molar-refractivity contribution is 5.63. The molecule has 138 valence electrons. The molecular formula is C23H30N2O. The highest BCUT2D eigenvalue weighted by Crippen LogP contribution is 2.32. The molecule has 2 aromatic rings. The average molecular weight is 351 g/mol. The van der Waals surface area contributed by atoms with E-state index in [-0.39, 0.29) is 5.69 Å². The summed E-state index contributed by atoms with van der Waals surface area (Å²) in [6.45, 7) is 0. The molecule has 1 aromatic heterocycles. The summed E-state index contributed by atoms with van der Waals surface area (Å²) in [4.78, 5) is 17.8. The first-order valence-corrected chi connectivity index (χ1v) is 10.5. The summed E-state index contributed by atoms with van der Waals surface area (Å²) in [5.74, 6) is 0. The van der Waals surface area contributed by atoms with Crippen LogP contribution in [0.15, 0.2) is 35.1 Å². The Balaban J connectivity index is 1.83. The van der Waals surface area contributed by atoms with Crippen molar-refractivity contribution >= 4 is 0 Å². The molecule has 1 heterocycles. The molecule has 1 aromatic carbocycles. The molecule has 2 aliphatic carbocycles. The maximum atomic E-state index is 13.1. The summed E-state index contributed by atoms with van der Waals surface area (Å²) >= 11 is 0. The van der Waals surface area contributed by atoms with E-state index in [0.29, 0.717) is 6.04 Å². The van der Waals surface area contributed by atoms with E-state index in [4.69, 9.17) is 0 Å². The second kappa shape index (κ2) is 8.20. The second-order valence-corrected chi connectivity index (χ2v) is 7.96. The van der Waals surface area contributed by atoms with Crippen LogP contribution in [0.25, 0.3) is 11.3 Å². The number of benzene rings is 1. The Morgan fingerprint density at radius 3 is 2.23 bits per heavy atom. The van der Waals surface area contributed by atoms with E-state index in [2.05, 4.69) is 21.7 Å². The van der Waals surface area contributed by atoms with Crippen molar-refractivity contribution in [2.24, 2.45) is 0 Å². The predicted molar refractivity (Wildman–Crippen MR) is 107 cm³/mol. The van der Waals surface area contributed by atoms with Gasteiger partial charge in [-0.05, 0) is 44.1 Å². The van der Waals surface area contributed by atoms with E-state index in [1.54, 1.807) is 0 Å². The Kier molecular flexibility index (Phi) is 5.52. The molecule has 26 heavy (non-hydrogen) atoms. The van der Waals surface area contributed by atoms with Crippen LogP contribution in [-0.4, -0.2) is 9.55 Å². The zero-order valence-corrected chi connectivity index (χ0v) is 15.8. The number of aromatic nitrogens is 2. The van der Waals surface area contributed by atoms with Crippen molar-refractivity contribution in [3.8, 4) is 11.3 Å². The van der Waals surface area contributed by atoms with Crippen molar-refractivity contribution in [1.29, 1.82) is 0 Å². The zero-order chi connectivity index (χ0) is 17.8. The molecule has 4 rings (SSSR count). The molecule has 2 aliphatic rings. The molecule has 1 fully saturated rings. The third-order valence-electron chi connectivity index (χ3n) is 6.17. The second-order valence-electron chi connectivity index (χ2n) is 7.96. The molecule has 0 saturated heterocycles. The summed E-state index contributed by atoms with van der Waals surface area (Å²) in [6, 6.07) is 10.6. The van der Waals surface area contributed by atoms with Crippen molar-refractivity contribution in [3.63, 3.8) is 0 Å². The van der Waals surface area contributed by atoms with E-state index >= 15 is 0 Å². The normalized spacial score (nSPS) is 19.2. The lowest BCUT2D eigenvalue weighted by Crippen LogP contribution is -2.32. The fraction of sp³-hybridized carbons (Fsp3) is 0.565. The summed E-state index contributed by atoms with van der Waals surface area (Å²) < 4.78 is 2.12. The van der Waals surface area contributed by atoms with E-state index in [1.807, 2.05) is 18.2 Å². The summed E-state index contributed by atoms with van der Waals surface area (Å²) in [5, 5.41) is 0. The van der Waals surface area contributed by atoms with Crippen molar-refractivity contribution < 1.29 is 0 Å². The van der Waals surface area contributed by atoms with E-state index < -0.39 is 0 Å². The molecule has 3 nitrogen and oxygen atoms in total. The number of hydrogen-bond acceptors (Lipinski definition) is 2. The molecular weight excluding hydrogens is 320 g/mol. The minimum atomic E-state index is -0.0184. The topological polar surface area (TPSA) is 34.9 Å². The Morgan fingerprint density at radius 1 is 0.808 bits per heavy atom. The Bertz CT molecular complexity index is 786. The summed E-state index contributed by atoms with van der Waals surface area (Å²) in [5.41, 5.74) is 4.65. The van der Waals surface area contributed by atoms with Gasteiger partial charge < -0.3 is 0 Å². The van der Waals surface area contributed by atoms with Crippen LogP contribution in [0.1, 0.15) is 81.5 Å². The van der Waals surface area contributed by atoms with Gasteiger partial charge in [0.1, 0.15) is 0 Å². The van der Waals surface area contributed by atoms with Gasteiger partial charge in [-0.1, -0.05) is 68.9 Å². The molecule has 0 aliphatic heterocycles. The van der Waals surface area contributed by atoms with Crippen LogP contribution in [0.2, 0.25) is 0 Å². The third-order valence-corrected chi connectivity index (χ3v) is 6.17. The SMILES string of the molecule is O=c1nc(-c2ccccc2)c2c(n1C1CCCCCCC1)CCCCC2. The highest BCUT2D eigenvalue weighted by Gasteiger charge is 2.24. The van der Waals surface area contributed by atoms with Crippen molar-refractivity contribution in [3.05, 3.63) is 52.1 Å². The van der Waals surface area contributed by atoms with Crippen molar-refractivity contribution in [2.45, 2.75) is 83.1 Å². The summed E-state index contributed by atoms with van der Waals surface area (Å²) in [7, 11) is 0. The molecule has 0 bridgehead atoms. The van der Waals surface area contributed by atoms with Crippen LogP contribution in [0.3, 0.4) is 0 Å². The van der Waals surface area contributed by atoms with E-state index in [1.165, 1.54) is 62.6 Å². The maximum absolute atomic E-state index is 13.1. The minimum Gasteiger partial charge on any atom is -0.293 e. The van der Waals surface area contributed by atoms with Crippen molar-refractivity contribution in [1.82, 2.24) is 9.55 Å². The van der Waals surface area contributed by atoms with Crippen LogP contribution in [0.5, 0.6) is 0 Å². The first-order chi connectivity index (χ1) is 12.8. The first-order valence-electron chi connectivity index (χ1n) is 10.5. The van der Waals surface area contributed by atoms with E-state index in [9.17, 15) is 4.79 Å².